The minimum absolute atomic E-state index is 0.0537. The van der Waals surface area contributed by atoms with Gasteiger partial charge in [-0.3, -0.25) is 9.48 Å². The van der Waals surface area contributed by atoms with Crippen LogP contribution in [-0.2, 0) is 4.79 Å². The van der Waals surface area contributed by atoms with Crippen LogP contribution in [0.25, 0.3) is 0 Å². The highest BCUT2D eigenvalue weighted by Gasteiger charge is 2.22. The molecule has 1 aliphatic carbocycles. The van der Waals surface area contributed by atoms with E-state index in [2.05, 4.69) is 52.4 Å². The SMILES string of the molecule is Cc1cc(C)n([C@@H](CNC(=O)[C@H]2CC=CCC2)c2ccsc2)n1. The molecular weight excluding hydrogens is 306 g/mol. The summed E-state index contributed by atoms with van der Waals surface area (Å²) in [6.45, 7) is 4.64. The van der Waals surface area contributed by atoms with Crippen molar-refractivity contribution in [3.8, 4) is 0 Å². The minimum Gasteiger partial charge on any atom is -0.353 e. The first kappa shape index (κ1) is 16.0. The van der Waals surface area contributed by atoms with Crippen molar-refractivity contribution in [2.75, 3.05) is 6.54 Å². The number of allylic oxidation sites excluding steroid dienone is 2. The third-order valence-electron chi connectivity index (χ3n) is 4.38. The fourth-order valence-electron chi connectivity index (χ4n) is 3.15. The summed E-state index contributed by atoms with van der Waals surface area (Å²) in [4.78, 5) is 12.4. The minimum atomic E-state index is 0.0537. The van der Waals surface area contributed by atoms with Gasteiger partial charge in [0.25, 0.3) is 0 Å². The summed E-state index contributed by atoms with van der Waals surface area (Å²) in [5.74, 6) is 0.277. The van der Waals surface area contributed by atoms with Gasteiger partial charge in [-0.1, -0.05) is 12.2 Å². The number of hydrogen-bond donors (Lipinski definition) is 1. The molecule has 0 spiro atoms. The Morgan fingerprint density at radius 2 is 2.35 bits per heavy atom. The molecule has 3 rings (SSSR count). The van der Waals surface area contributed by atoms with E-state index in [0.29, 0.717) is 6.54 Å². The Labute approximate surface area is 141 Å². The van der Waals surface area contributed by atoms with Crippen molar-refractivity contribution >= 4 is 17.2 Å². The summed E-state index contributed by atoms with van der Waals surface area (Å²) in [5, 5.41) is 12.0. The van der Waals surface area contributed by atoms with Crippen LogP contribution in [0.4, 0.5) is 0 Å². The Morgan fingerprint density at radius 1 is 1.48 bits per heavy atom. The van der Waals surface area contributed by atoms with Crippen LogP contribution in [0.15, 0.2) is 35.0 Å². The number of nitrogens with one attached hydrogen (secondary N) is 1. The molecule has 2 aromatic rings. The topological polar surface area (TPSA) is 46.9 Å². The van der Waals surface area contributed by atoms with Crippen molar-refractivity contribution in [3.63, 3.8) is 0 Å². The van der Waals surface area contributed by atoms with Gasteiger partial charge in [0.15, 0.2) is 0 Å². The highest BCUT2D eigenvalue weighted by molar-refractivity contribution is 7.07. The Hall–Kier alpha value is -1.88. The number of aromatic nitrogens is 2. The molecule has 1 N–H and O–H groups in total. The zero-order chi connectivity index (χ0) is 16.2. The quantitative estimate of drug-likeness (QED) is 0.852. The van der Waals surface area contributed by atoms with E-state index in [4.69, 9.17) is 0 Å². The number of hydrogen-bond acceptors (Lipinski definition) is 3. The first-order valence-electron chi connectivity index (χ1n) is 8.12. The van der Waals surface area contributed by atoms with Gasteiger partial charge in [0.05, 0.1) is 11.7 Å². The maximum absolute atomic E-state index is 12.4. The number of aryl methyl sites for hydroxylation is 2. The normalized spacial score (nSPS) is 18.8. The second kappa shape index (κ2) is 7.13. The number of amides is 1. The molecule has 0 aliphatic heterocycles. The second-order valence-electron chi connectivity index (χ2n) is 6.17. The number of thiophene rings is 1. The monoisotopic (exact) mass is 329 g/mol. The van der Waals surface area contributed by atoms with Gasteiger partial charge in [-0.15, -0.1) is 0 Å². The zero-order valence-corrected chi connectivity index (χ0v) is 14.5. The Kier molecular flexibility index (Phi) is 4.96. The van der Waals surface area contributed by atoms with E-state index in [-0.39, 0.29) is 17.9 Å². The summed E-state index contributed by atoms with van der Waals surface area (Å²) in [6, 6.07) is 4.24. The molecule has 0 fully saturated rings. The summed E-state index contributed by atoms with van der Waals surface area (Å²) < 4.78 is 2.03. The molecular formula is C18H23N3OS. The highest BCUT2D eigenvalue weighted by atomic mass is 32.1. The molecule has 1 aliphatic rings. The van der Waals surface area contributed by atoms with Crippen molar-refractivity contribution < 1.29 is 4.79 Å². The van der Waals surface area contributed by atoms with Gasteiger partial charge in [0, 0.05) is 18.2 Å². The number of nitrogens with zero attached hydrogens (tertiary/aromatic N) is 2. The fourth-order valence-corrected chi connectivity index (χ4v) is 3.85. The summed E-state index contributed by atoms with van der Waals surface area (Å²) >= 11 is 1.67. The molecule has 122 valence electrons. The largest absolute Gasteiger partial charge is 0.353 e. The van der Waals surface area contributed by atoms with Crippen LogP contribution < -0.4 is 5.32 Å². The molecule has 0 aromatic carbocycles. The van der Waals surface area contributed by atoms with Gasteiger partial charge in [0.2, 0.25) is 5.91 Å². The van der Waals surface area contributed by atoms with Crippen LogP contribution >= 0.6 is 11.3 Å². The lowest BCUT2D eigenvalue weighted by molar-refractivity contribution is -0.125. The summed E-state index contributed by atoms with van der Waals surface area (Å²) in [7, 11) is 0. The Bertz CT molecular complexity index is 687. The van der Waals surface area contributed by atoms with Gasteiger partial charge in [-0.25, -0.2) is 0 Å². The van der Waals surface area contributed by atoms with E-state index in [1.54, 1.807) is 11.3 Å². The molecule has 4 nitrogen and oxygen atoms in total. The molecule has 5 heteroatoms. The Morgan fingerprint density at radius 3 is 2.96 bits per heavy atom. The average molecular weight is 329 g/mol. The number of carbonyl (C=O) groups is 1. The molecule has 0 radical (unpaired) electrons. The van der Waals surface area contributed by atoms with E-state index < -0.39 is 0 Å². The summed E-state index contributed by atoms with van der Waals surface area (Å²) in [5.41, 5.74) is 3.32. The first-order chi connectivity index (χ1) is 11.1. The molecule has 0 unspecified atom stereocenters. The van der Waals surface area contributed by atoms with Crippen LogP contribution in [0.5, 0.6) is 0 Å². The predicted molar refractivity (Wildman–Crippen MR) is 93.6 cm³/mol. The van der Waals surface area contributed by atoms with Crippen molar-refractivity contribution in [2.24, 2.45) is 5.92 Å². The molecule has 0 saturated heterocycles. The fraction of sp³-hybridized carbons (Fsp3) is 0.444. The lowest BCUT2D eigenvalue weighted by Crippen LogP contribution is -2.36. The van der Waals surface area contributed by atoms with E-state index in [1.807, 2.05) is 11.6 Å². The van der Waals surface area contributed by atoms with Crippen molar-refractivity contribution in [1.82, 2.24) is 15.1 Å². The molecule has 2 heterocycles. The molecule has 0 saturated carbocycles. The molecule has 2 atom stereocenters. The lowest BCUT2D eigenvalue weighted by atomic mass is 9.93. The third-order valence-corrected chi connectivity index (χ3v) is 5.08. The van der Waals surface area contributed by atoms with Gasteiger partial charge >= 0.3 is 0 Å². The van der Waals surface area contributed by atoms with E-state index >= 15 is 0 Å². The smallest absolute Gasteiger partial charge is 0.223 e. The van der Waals surface area contributed by atoms with Crippen LogP contribution in [0.3, 0.4) is 0 Å². The average Bonchev–Trinajstić information content (AvgIpc) is 3.19. The lowest BCUT2D eigenvalue weighted by Gasteiger charge is -2.22. The molecule has 0 bridgehead atoms. The molecule has 2 aromatic heterocycles. The van der Waals surface area contributed by atoms with Crippen molar-refractivity contribution in [2.45, 2.75) is 39.2 Å². The van der Waals surface area contributed by atoms with Gasteiger partial charge in [0.1, 0.15) is 0 Å². The van der Waals surface area contributed by atoms with E-state index in [9.17, 15) is 4.79 Å². The molecule has 1 amide bonds. The number of rotatable bonds is 5. The van der Waals surface area contributed by atoms with Crippen molar-refractivity contribution in [1.29, 1.82) is 0 Å². The van der Waals surface area contributed by atoms with Crippen molar-refractivity contribution in [3.05, 3.63) is 52.0 Å². The van der Waals surface area contributed by atoms with Crippen LogP contribution in [-0.4, -0.2) is 22.2 Å². The standard InChI is InChI=1S/C18H23N3OS/c1-13-10-14(2)21(20-13)17(16-8-9-23-12-16)11-19-18(22)15-6-4-3-5-7-15/h3-4,8-10,12,15,17H,5-7,11H2,1-2H3,(H,19,22)/t15-,17-/m0/s1. The molecule has 23 heavy (non-hydrogen) atoms. The summed E-state index contributed by atoms with van der Waals surface area (Å²) in [6.07, 6.45) is 7.09. The van der Waals surface area contributed by atoms with Gasteiger partial charge in [-0.05, 0) is 61.6 Å². The van der Waals surface area contributed by atoms with Crippen LogP contribution in [0, 0.1) is 19.8 Å². The van der Waals surface area contributed by atoms with Gasteiger partial charge in [-0.2, -0.15) is 16.4 Å². The number of carbonyl (C=O) groups excluding carboxylic acids is 1. The zero-order valence-electron chi connectivity index (χ0n) is 13.7. The van der Waals surface area contributed by atoms with Crippen LogP contribution in [0.1, 0.15) is 42.3 Å². The second-order valence-corrected chi connectivity index (χ2v) is 6.95. The maximum Gasteiger partial charge on any atom is 0.223 e. The first-order valence-corrected chi connectivity index (χ1v) is 9.07. The Balaban J connectivity index is 1.73. The maximum atomic E-state index is 12.4. The van der Waals surface area contributed by atoms with Crippen LogP contribution in [0.2, 0.25) is 0 Å². The predicted octanol–water partition coefficient (Wildman–Crippen LogP) is 3.62. The third kappa shape index (κ3) is 3.72. The van der Waals surface area contributed by atoms with E-state index in [1.165, 1.54) is 5.56 Å². The van der Waals surface area contributed by atoms with Gasteiger partial charge < -0.3 is 5.32 Å². The highest BCUT2D eigenvalue weighted by Crippen LogP contribution is 2.23. The van der Waals surface area contributed by atoms with E-state index in [0.717, 1.165) is 30.7 Å².